The minimum absolute atomic E-state index is 0.0229. The number of rotatable bonds is 8. The topological polar surface area (TPSA) is 66.5 Å². The molecule has 8 heteroatoms. The molecule has 2 rings (SSSR count). The fraction of sp³-hybridized carbons (Fsp3) is 0.316. The number of benzene rings is 2. The molecule has 0 aromatic heterocycles. The molecule has 0 unspecified atom stereocenters. The lowest BCUT2D eigenvalue weighted by molar-refractivity contribution is -0.122. The van der Waals surface area contributed by atoms with Crippen molar-refractivity contribution in [1.29, 1.82) is 0 Å². The molecule has 2 aromatic carbocycles. The van der Waals surface area contributed by atoms with Crippen LogP contribution in [0.1, 0.15) is 25.8 Å². The van der Waals surface area contributed by atoms with Gasteiger partial charge in [0.25, 0.3) is 0 Å². The molecule has 0 bridgehead atoms. The summed E-state index contributed by atoms with van der Waals surface area (Å²) < 4.78 is 28.2. The second kappa shape index (κ2) is 9.68. The van der Waals surface area contributed by atoms with Crippen LogP contribution in [0, 0.1) is 0 Å². The number of carbonyl (C=O) groups is 1. The van der Waals surface area contributed by atoms with Gasteiger partial charge in [-0.1, -0.05) is 46.6 Å². The molecule has 0 saturated heterocycles. The highest BCUT2D eigenvalue weighted by Crippen LogP contribution is 2.21. The number of hydrogen-bond donors (Lipinski definition) is 1. The largest absolute Gasteiger partial charge is 0.353 e. The summed E-state index contributed by atoms with van der Waals surface area (Å²) in [5.41, 5.74) is 0.747. The average Bonchev–Trinajstić information content (AvgIpc) is 2.63. The Balaban J connectivity index is 2.31. The van der Waals surface area contributed by atoms with Gasteiger partial charge in [0.05, 0.1) is 11.4 Å². The molecule has 0 aliphatic heterocycles. The van der Waals surface area contributed by atoms with Gasteiger partial charge >= 0.3 is 0 Å². The van der Waals surface area contributed by atoms with Crippen LogP contribution in [0.4, 0.5) is 0 Å². The first kappa shape index (κ1) is 21.9. The average molecular weight is 474 g/mol. The zero-order chi connectivity index (χ0) is 20.0. The molecule has 0 heterocycles. The standard InChI is InChI=1S/C19H22BrClN2O3S/c1-3-14(2)22-19(24)13-23(12-15-4-8-17(21)9-5-15)27(25,26)18-10-6-16(20)7-11-18/h4-11,14H,3,12-13H2,1-2H3,(H,22,24)/t14-/m0/s1. The Bertz CT molecular complexity index is 871. The van der Waals surface area contributed by atoms with E-state index in [2.05, 4.69) is 21.2 Å². The van der Waals surface area contributed by atoms with Crippen molar-refractivity contribution in [2.45, 2.75) is 37.8 Å². The molecule has 1 amide bonds. The van der Waals surface area contributed by atoms with Crippen LogP contribution in [0.3, 0.4) is 0 Å². The Labute approximate surface area is 173 Å². The maximum atomic E-state index is 13.1. The zero-order valence-electron chi connectivity index (χ0n) is 15.2. The van der Waals surface area contributed by atoms with Gasteiger partial charge in [-0.05, 0) is 55.3 Å². The normalized spacial score (nSPS) is 12.8. The van der Waals surface area contributed by atoms with Crippen molar-refractivity contribution >= 4 is 43.5 Å². The summed E-state index contributed by atoms with van der Waals surface area (Å²) in [7, 11) is -3.85. The fourth-order valence-corrected chi connectivity index (χ4v) is 4.13. The van der Waals surface area contributed by atoms with Gasteiger partial charge in [-0.3, -0.25) is 4.79 Å². The molecule has 0 aliphatic carbocycles. The van der Waals surface area contributed by atoms with E-state index in [1.807, 2.05) is 13.8 Å². The number of amides is 1. The number of nitrogens with one attached hydrogen (secondary N) is 1. The van der Waals surface area contributed by atoms with Gasteiger partial charge in [-0.25, -0.2) is 8.42 Å². The summed E-state index contributed by atoms with van der Waals surface area (Å²) >= 11 is 9.21. The van der Waals surface area contributed by atoms with E-state index in [0.29, 0.717) is 5.02 Å². The van der Waals surface area contributed by atoms with Crippen molar-refractivity contribution < 1.29 is 13.2 Å². The maximum Gasteiger partial charge on any atom is 0.243 e. The van der Waals surface area contributed by atoms with Crippen molar-refractivity contribution in [3.63, 3.8) is 0 Å². The molecular formula is C19H22BrClN2O3S. The second-order valence-electron chi connectivity index (χ2n) is 6.23. The number of sulfonamides is 1. The van der Waals surface area contributed by atoms with Crippen molar-refractivity contribution in [3.8, 4) is 0 Å². The van der Waals surface area contributed by atoms with E-state index in [0.717, 1.165) is 16.5 Å². The molecule has 0 fully saturated rings. The van der Waals surface area contributed by atoms with Gasteiger partial charge in [0, 0.05) is 22.1 Å². The van der Waals surface area contributed by atoms with Crippen LogP contribution in [-0.4, -0.2) is 31.2 Å². The molecule has 27 heavy (non-hydrogen) atoms. The van der Waals surface area contributed by atoms with E-state index in [1.165, 1.54) is 16.4 Å². The molecule has 0 spiro atoms. The number of hydrogen-bond acceptors (Lipinski definition) is 3. The Hall–Kier alpha value is -1.41. The third-order valence-corrected chi connectivity index (χ3v) is 6.65. The predicted octanol–water partition coefficient (Wildman–Crippen LogP) is 4.21. The van der Waals surface area contributed by atoms with Crippen molar-refractivity contribution in [2.75, 3.05) is 6.54 Å². The number of carbonyl (C=O) groups excluding carboxylic acids is 1. The molecule has 2 aromatic rings. The van der Waals surface area contributed by atoms with E-state index in [-0.39, 0.29) is 29.9 Å². The summed E-state index contributed by atoms with van der Waals surface area (Å²) in [5, 5.41) is 3.38. The monoisotopic (exact) mass is 472 g/mol. The molecule has 1 N–H and O–H groups in total. The molecule has 0 saturated carbocycles. The lowest BCUT2D eigenvalue weighted by Gasteiger charge is -2.23. The molecule has 5 nitrogen and oxygen atoms in total. The van der Waals surface area contributed by atoms with E-state index < -0.39 is 10.0 Å². The SMILES string of the molecule is CC[C@H](C)NC(=O)CN(Cc1ccc(Cl)cc1)S(=O)(=O)c1ccc(Br)cc1. The molecule has 0 radical (unpaired) electrons. The minimum Gasteiger partial charge on any atom is -0.353 e. The highest BCUT2D eigenvalue weighted by molar-refractivity contribution is 9.10. The Morgan fingerprint density at radius 2 is 1.74 bits per heavy atom. The summed E-state index contributed by atoms with van der Waals surface area (Å²) in [6.45, 7) is 3.65. The zero-order valence-corrected chi connectivity index (χ0v) is 18.3. The Kier molecular flexibility index (Phi) is 7.85. The molecule has 146 valence electrons. The fourth-order valence-electron chi connectivity index (χ4n) is 2.36. The van der Waals surface area contributed by atoms with E-state index in [1.54, 1.807) is 36.4 Å². The lowest BCUT2D eigenvalue weighted by atomic mass is 10.2. The second-order valence-corrected chi connectivity index (χ2v) is 9.52. The van der Waals surface area contributed by atoms with Crippen LogP contribution in [0.25, 0.3) is 0 Å². The van der Waals surface area contributed by atoms with Crippen molar-refractivity contribution in [3.05, 3.63) is 63.6 Å². The van der Waals surface area contributed by atoms with Crippen LogP contribution in [0.15, 0.2) is 57.9 Å². The van der Waals surface area contributed by atoms with Crippen molar-refractivity contribution in [1.82, 2.24) is 9.62 Å². The third-order valence-electron chi connectivity index (χ3n) is 4.06. The van der Waals surface area contributed by atoms with Crippen LogP contribution < -0.4 is 5.32 Å². The smallest absolute Gasteiger partial charge is 0.243 e. The Morgan fingerprint density at radius 3 is 2.30 bits per heavy atom. The van der Waals surface area contributed by atoms with Crippen LogP contribution >= 0.6 is 27.5 Å². The first-order valence-electron chi connectivity index (χ1n) is 8.52. The third kappa shape index (κ3) is 6.31. The van der Waals surface area contributed by atoms with Gasteiger partial charge in [0.1, 0.15) is 0 Å². The summed E-state index contributed by atoms with van der Waals surface area (Å²) in [4.78, 5) is 12.5. The first-order valence-corrected chi connectivity index (χ1v) is 11.1. The van der Waals surface area contributed by atoms with Crippen molar-refractivity contribution in [2.24, 2.45) is 0 Å². The van der Waals surface area contributed by atoms with Gasteiger partial charge in [0.2, 0.25) is 15.9 Å². The summed E-state index contributed by atoms with van der Waals surface area (Å²) in [6, 6.07) is 13.2. The minimum atomic E-state index is -3.85. The highest BCUT2D eigenvalue weighted by atomic mass is 79.9. The predicted molar refractivity (Wildman–Crippen MR) is 111 cm³/mol. The van der Waals surface area contributed by atoms with Crippen LogP contribution in [0.2, 0.25) is 5.02 Å². The first-order chi connectivity index (χ1) is 12.7. The molecular weight excluding hydrogens is 452 g/mol. The lowest BCUT2D eigenvalue weighted by Crippen LogP contribution is -2.43. The highest BCUT2D eigenvalue weighted by Gasteiger charge is 2.27. The van der Waals surface area contributed by atoms with Gasteiger partial charge in [-0.15, -0.1) is 0 Å². The van der Waals surface area contributed by atoms with Gasteiger partial charge < -0.3 is 5.32 Å². The van der Waals surface area contributed by atoms with E-state index >= 15 is 0 Å². The van der Waals surface area contributed by atoms with Crippen LogP contribution in [-0.2, 0) is 21.4 Å². The van der Waals surface area contributed by atoms with Gasteiger partial charge in [0.15, 0.2) is 0 Å². The summed E-state index contributed by atoms with van der Waals surface area (Å²) in [6.07, 6.45) is 0.766. The maximum absolute atomic E-state index is 13.1. The summed E-state index contributed by atoms with van der Waals surface area (Å²) in [5.74, 6) is -0.334. The number of halogens is 2. The van der Waals surface area contributed by atoms with Gasteiger partial charge in [-0.2, -0.15) is 4.31 Å². The van der Waals surface area contributed by atoms with E-state index in [9.17, 15) is 13.2 Å². The van der Waals surface area contributed by atoms with E-state index in [4.69, 9.17) is 11.6 Å². The Morgan fingerprint density at radius 1 is 1.15 bits per heavy atom. The molecule has 0 aliphatic rings. The quantitative estimate of drug-likeness (QED) is 0.624. The van der Waals surface area contributed by atoms with Crippen LogP contribution in [0.5, 0.6) is 0 Å². The molecule has 1 atom stereocenters. The number of nitrogens with zero attached hydrogens (tertiary/aromatic N) is 1.